The Morgan fingerprint density at radius 2 is 1.81 bits per heavy atom. The second kappa shape index (κ2) is 10.6. The van der Waals surface area contributed by atoms with Crippen LogP contribution in [0.25, 0.3) is 22.0 Å². The summed E-state index contributed by atoms with van der Waals surface area (Å²) in [7, 11) is 3.11. The first-order valence-corrected chi connectivity index (χ1v) is 12.7. The standard InChI is InChI=1S/C27H27ClN2O5S/c1-6-30-20-10-9-17(28)13-18(20)15(3)24(30)25(31)29-26-23(27(32)35-7-2)19(14-36-26)16-8-11-21(33-4)22(12-16)34-5/h8-14H,6-7H2,1-5H3,(H,29,31). The Balaban J connectivity index is 1.79. The average molecular weight is 527 g/mol. The van der Waals surface area contributed by atoms with E-state index in [-0.39, 0.29) is 12.5 Å². The van der Waals surface area contributed by atoms with Gasteiger partial charge in [-0.1, -0.05) is 17.7 Å². The van der Waals surface area contributed by atoms with Crippen molar-refractivity contribution in [3.8, 4) is 22.6 Å². The van der Waals surface area contributed by atoms with E-state index in [9.17, 15) is 9.59 Å². The number of hydrogen-bond donors (Lipinski definition) is 1. The number of fused-ring (bicyclic) bond motifs is 1. The number of hydrogen-bond acceptors (Lipinski definition) is 6. The van der Waals surface area contributed by atoms with E-state index in [2.05, 4.69) is 5.32 Å². The first kappa shape index (κ1) is 25.6. The van der Waals surface area contributed by atoms with Crippen LogP contribution in [-0.4, -0.2) is 37.3 Å². The highest BCUT2D eigenvalue weighted by atomic mass is 35.5. The summed E-state index contributed by atoms with van der Waals surface area (Å²) in [5, 5.41) is 6.72. The largest absolute Gasteiger partial charge is 0.493 e. The number of thiophene rings is 1. The number of ether oxygens (including phenoxy) is 3. The molecule has 0 spiro atoms. The molecule has 0 fully saturated rings. The second-order valence-corrected chi connectivity index (χ2v) is 9.29. The second-order valence-electron chi connectivity index (χ2n) is 7.98. The molecule has 2 aromatic carbocycles. The molecule has 0 aliphatic heterocycles. The number of aryl methyl sites for hydroxylation is 2. The molecule has 0 saturated carbocycles. The Kier molecular flexibility index (Phi) is 7.56. The normalized spacial score (nSPS) is 10.9. The minimum Gasteiger partial charge on any atom is -0.493 e. The molecule has 2 heterocycles. The predicted octanol–water partition coefficient (Wildman–Crippen LogP) is 6.80. The predicted molar refractivity (Wildman–Crippen MR) is 144 cm³/mol. The van der Waals surface area contributed by atoms with E-state index in [1.165, 1.54) is 11.3 Å². The fourth-order valence-electron chi connectivity index (χ4n) is 4.35. The van der Waals surface area contributed by atoms with Gasteiger partial charge in [0.05, 0.1) is 20.8 Å². The smallest absolute Gasteiger partial charge is 0.341 e. The summed E-state index contributed by atoms with van der Waals surface area (Å²) in [5.74, 6) is 0.278. The molecule has 0 radical (unpaired) electrons. The van der Waals surface area contributed by atoms with E-state index in [0.29, 0.717) is 44.9 Å². The van der Waals surface area contributed by atoms with Gasteiger partial charge < -0.3 is 24.1 Å². The zero-order valence-corrected chi connectivity index (χ0v) is 22.3. The van der Waals surface area contributed by atoms with Crippen LogP contribution < -0.4 is 14.8 Å². The summed E-state index contributed by atoms with van der Waals surface area (Å²) < 4.78 is 18.1. The fraction of sp³-hybridized carbons (Fsp3) is 0.259. The van der Waals surface area contributed by atoms with Crippen LogP contribution in [0, 0.1) is 6.92 Å². The first-order valence-electron chi connectivity index (χ1n) is 11.4. The van der Waals surface area contributed by atoms with Crippen molar-refractivity contribution in [3.63, 3.8) is 0 Å². The van der Waals surface area contributed by atoms with Crippen LogP contribution in [0.5, 0.6) is 11.5 Å². The first-order chi connectivity index (χ1) is 17.3. The summed E-state index contributed by atoms with van der Waals surface area (Å²) >= 11 is 7.48. The third kappa shape index (κ3) is 4.54. The molecule has 4 rings (SSSR count). The van der Waals surface area contributed by atoms with E-state index >= 15 is 0 Å². The van der Waals surface area contributed by atoms with Crippen molar-refractivity contribution in [2.24, 2.45) is 0 Å². The summed E-state index contributed by atoms with van der Waals surface area (Å²) in [5.41, 5.74) is 3.93. The lowest BCUT2D eigenvalue weighted by Gasteiger charge is -2.12. The van der Waals surface area contributed by atoms with E-state index in [0.717, 1.165) is 22.0 Å². The van der Waals surface area contributed by atoms with Gasteiger partial charge in [0.25, 0.3) is 5.91 Å². The van der Waals surface area contributed by atoms with Crippen LogP contribution in [0.2, 0.25) is 5.02 Å². The summed E-state index contributed by atoms with van der Waals surface area (Å²) in [6, 6.07) is 11.0. The molecule has 7 nitrogen and oxygen atoms in total. The molecule has 2 aromatic heterocycles. The number of nitrogens with one attached hydrogen (secondary N) is 1. The average Bonchev–Trinajstić information content (AvgIpc) is 3.41. The number of esters is 1. The third-order valence-corrected chi connectivity index (χ3v) is 7.13. The lowest BCUT2D eigenvalue weighted by atomic mass is 10.0. The number of nitrogens with zero attached hydrogens (tertiary/aromatic N) is 1. The number of carbonyl (C=O) groups is 2. The van der Waals surface area contributed by atoms with Crippen LogP contribution in [0.3, 0.4) is 0 Å². The molecule has 1 N–H and O–H groups in total. The number of benzene rings is 2. The Bertz CT molecular complexity index is 1460. The van der Waals surface area contributed by atoms with E-state index in [1.54, 1.807) is 33.3 Å². The molecule has 0 saturated heterocycles. The van der Waals surface area contributed by atoms with Gasteiger partial charge in [0.2, 0.25) is 0 Å². The molecule has 0 aliphatic carbocycles. The Morgan fingerprint density at radius 1 is 1.06 bits per heavy atom. The molecule has 0 aliphatic rings. The van der Waals surface area contributed by atoms with Crippen LogP contribution in [0.1, 0.15) is 40.3 Å². The molecule has 188 valence electrons. The number of aromatic nitrogens is 1. The molecular weight excluding hydrogens is 500 g/mol. The number of rotatable bonds is 8. The summed E-state index contributed by atoms with van der Waals surface area (Å²) in [6.45, 7) is 6.43. The molecule has 0 bridgehead atoms. The van der Waals surface area contributed by atoms with Gasteiger partial charge in [0.1, 0.15) is 16.3 Å². The van der Waals surface area contributed by atoms with Gasteiger partial charge in [-0.05, 0) is 62.2 Å². The maximum Gasteiger partial charge on any atom is 0.341 e. The van der Waals surface area contributed by atoms with Crippen LogP contribution in [0.15, 0.2) is 41.8 Å². The van der Waals surface area contributed by atoms with Gasteiger partial charge in [-0.3, -0.25) is 4.79 Å². The number of methoxy groups -OCH3 is 2. The highest BCUT2D eigenvalue weighted by Gasteiger charge is 2.26. The molecule has 0 atom stereocenters. The summed E-state index contributed by atoms with van der Waals surface area (Å²) in [6.07, 6.45) is 0. The van der Waals surface area contributed by atoms with Crippen molar-refractivity contribution in [1.82, 2.24) is 4.57 Å². The van der Waals surface area contributed by atoms with Gasteiger partial charge in [-0.25, -0.2) is 4.79 Å². The maximum absolute atomic E-state index is 13.6. The highest BCUT2D eigenvalue weighted by Crippen LogP contribution is 2.40. The van der Waals surface area contributed by atoms with E-state index in [4.69, 9.17) is 25.8 Å². The lowest BCUT2D eigenvalue weighted by Crippen LogP contribution is -2.19. The lowest BCUT2D eigenvalue weighted by molar-refractivity contribution is 0.0529. The Morgan fingerprint density at radius 3 is 2.47 bits per heavy atom. The summed E-state index contributed by atoms with van der Waals surface area (Å²) in [4.78, 5) is 26.6. The van der Waals surface area contributed by atoms with E-state index in [1.807, 2.05) is 48.1 Å². The molecule has 9 heteroatoms. The van der Waals surface area contributed by atoms with Crippen LogP contribution in [0.4, 0.5) is 5.00 Å². The topological polar surface area (TPSA) is 78.8 Å². The van der Waals surface area contributed by atoms with Gasteiger partial charge in [-0.2, -0.15) is 0 Å². The molecule has 1 amide bonds. The van der Waals surface area contributed by atoms with Crippen molar-refractivity contribution in [1.29, 1.82) is 0 Å². The highest BCUT2D eigenvalue weighted by molar-refractivity contribution is 7.15. The minimum atomic E-state index is -0.515. The zero-order valence-electron chi connectivity index (χ0n) is 20.7. The van der Waals surface area contributed by atoms with E-state index < -0.39 is 5.97 Å². The van der Waals surface area contributed by atoms with Crippen LogP contribution in [-0.2, 0) is 11.3 Å². The zero-order chi connectivity index (χ0) is 26.0. The minimum absolute atomic E-state index is 0.206. The molecule has 0 unspecified atom stereocenters. The molecule has 4 aromatic rings. The van der Waals surface area contributed by atoms with Gasteiger partial charge in [0.15, 0.2) is 11.5 Å². The van der Waals surface area contributed by atoms with Crippen molar-refractivity contribution in [2.75, 3.05) is 26.1 Å². The van der Waals surface area contributed by atoms with Gasteiger partial charge >= 0.3 is 5.97 Å². The number of amides is 1. The number of anilines is 1. The number of halogens is 1. The quantitative estimate of drug-likeness (QED) is 0.255. The van der Waals surface area contributed by atoms with Crippen molar-refractivity contribution >= 4 is 50.7 Å². The monoisotopic (exact) mass is 526 g/mol. The maximum atomic E-state index is 13.6. The van der Waals surface area contributed by atoms with Crippen molar-refractivity contribution < 1.29 is 23.8 Å². The van der Waals surface area contributed by atoms with Gasteiger partial charge in [-0.15, -0.1) is 11.3 Å². The molecular formula is C27H27ClN2O5S. The molecule has 36 heavy (non-hydrogen) atoms. The Labute approximate surface area is 218 Å². The fourth-order valence-corrected chi connectivity index (χ4v) is 5.47. The number of carbonyl (C=O) groups excluding carboxylic acids is 2. The third-order valence-electron chi connectivity index (χ3n) is 6.00. The Hall–Kier alpha value is -3.49. The van der Waals surface area contributed by atoms with Crippen LogP contribution >= 0.6 is 22.9 Å². The SMILES string of the molecule is CCOC(=O)c1c(-c2ccc(OC)c(OC)c2)csc1NC(=O)c1c(C)c2cc(Cl)ccc2n1CC. The van der Waals surface area contributed by atoms with Crippen molar-refractivity contribution in [3.05, 3.63) is 63.6 Å². The van der Waals surface area contributed by atoms with Crippen molar-refractivity contribution in [2.45, 2.75) is 27.3 Å². The van der Waals surface area contributed by atoms with Gasteiger partial charge in [0, 0.05) is 33.4 Å².